The lowest BCUT2D eigenvalue weighted by Gasteiger charge is -2.31. The summed E-state index contributed by atoms with van der Waals surface area (Å²) in [6.45, 7) is -0.537. The maximum atomic E-state index is 16.3. The number of imide groups is 1. The summed E-state index contributed by atoms with van der Waals surface area (Å²) < 4.78 is 36.8. The van der Waals surface area contributed by atoms with Crippen LogP contribution in [0.3, 0.4) is 0 Å². The Balaban J connectivity index is 0.944. The molecule has 111 heavy (non-hydrogen) atoms. The zero-order valence-corrected chi connectivity index (χ0v) is 59.5. The van der Waals surface area contributed by atoms with E-state index in [1.54, 1.807) is 54.6 Å². The average molecular weight is 1550 g/mol. The van der Waals surface area contributed by atoms with E-state index in [2.05, 4.69) is 37.2 Å². The summed E-state index contributed by atoms with van der Waals surface area (Å²) in [7, 11) is 0.960. The Hall–Kier alpha value is -13.6. The molecule has 0 saturated carbocycles. The average Bonchev–Trinajstić information content (AvgIpc) is 1.39. The van der Waals surface area contributed by atoms with Gasteiger partial charge in [0.05, 0.1) is 34.9 Å². The number of halogens is 2. The summed E-state index contributed by atoms with van der Waals surface area (Å²) in [5, 5.41) is 87.5. The Morgan fingerprint density at radius 2 is 1.13 bits per heavy atom. The topological polar surface area (TPSA) is 435 Å². The second-order valence-electron chi connectivity index (χ2n) is 26.3. The minimum atomic E-state index is -2.24. The van der Waals surface area contributed by atoms with Crippen LogP contribution in [-0.2, 0) is 56.1 Å². The number of nitrogens with zero attached hydrogens (tertiary/aromatic N) is 1. The van der Waals surface area contributed by atoms with Gasteiger partial charge in [-0.1, -0.05) is 89.9 Å². The van der Waals surface area contributed by atoms with Crippen molar-refractivity contribution in [3.05, 3.63) is 236 Å². The summed E-state index contributed by atoms with van der Waals surface area (Å²) in [5.41, 5.74) is -1.00. The number of phenols is 5. The number of amides is 9. The molecule has 0 spiro atoms. The summed E-state index contributed by atoms with van der Waals surface area (Å²) in [4.78, 5) is 150. The Kier molecular flexibility index (Phi) is 20.7. The van der Waals surface area contributed by atoms with Gasteiger partial charge in [0.1, 0.15) is 89.2 Å². The van der Waals surface area contributed by atoms with Crippen molar-refractivity contribution in [1.82, 2.24) is 42.1 Å². The lowest BCUT2D eigenvalue weighted by atomic mass is 9.89. The number of alkyl carbamates (subject to hydrolysis) is 1. The first-order valence-electron chi connectivity index (χ1n) is 34.3. The Labute approximate surface area is 638 Å². The molecule has 32 heteroatoms. The fourth-order valence-electron chi connectivity index (χ4n) is 13.5. The van der Waals surface area contributed by atoms with Crippen LogP contribution in [0.15, 0.2) is 170 Å². The predicted molar refractivity (Wildman–Crippen MR) is 390 cm³/mol. The standard InChI is InChI=1S/C79H64Cl2N8O22/c1-106-78(104)66-49-33-44(91)34-55(94)61(49)48-27-38(14-17-53(48)92)62-72(98)87-67(75(101)86-66)68(95)40-16-20-57(51(81)28-40)111-60-31-42-30-59(69(60)107-22-8-7-21-89-76(102)46-11-5-6-12-47(46)77(89)103)110-56-19-13-37(23-50(56)80)24-52-70(96)83-64(73(99)85-65(42)74(100)84-62)41-25-43(90)32-45(26-41)109-58-29-39(15-18-54(58)93)63(71(97)82-52)88-79(105)108-35-36-9-3-2-4-10-36/h2-6,9-20,23,25-34,52,62-68,90-95H,7-8,21-22,24,35H2,1H3,(H,82,97)(H,83,96)(H,84,100)(H,85,99)(H,86,101)(H,87,98)(H,88,105)/t52-,62-,63+,64+,65-,66+,67+,68-/m1/s1. The molecule has 7 aliphatic heterocycles. The number of nitrogens with one attached hydrogen (secondary N) is 7. The largest absolute Gasteiger partial charge is 0.508 e. The highest BCUT2D eigenvalue weighted by Crippen LogP contribution is 2.49. The number of aliphatic hydroxyl groups excluding tert-OH is 1. The van der Waals surface area contributed by atoms with Crippen molar-refractivity contribution in [3.8, 4) is 80.1 Å². The number of unbranched alkanes of at least 4 members (excludes halogenated alkanes) is 1. The Bertz CT molecular complexity index is 5320. The number of ether oxygens (including phenoxy) is 6. The van der Waals surface area contributed by atoms with Crippen molar-refractivity contribution >= 4 is 82.5 Å². The van der Waals surface area contributed by atoms with Crippen LogP contribution in [0.2, 0.25) is 10.0 Å². The van der Waals surface area contributed by atoms with Crippen molar-refractivity contribution in [2.24, 2.45) is 0 Å². The molecule has 30 nitrogen and oxygen atoms in total. The number of methoxy groups -OCH3 is 1. The monoisotopic (exact) mass is 1550 g/mol. The Morgan fingerprint density at radius 3 is 1.81 bits per heavy atom. The van der Waals surface area contributed by atoms with Crippen LogP contribution >= 0.6 is 23.2 Å². The minimum Gasteiger partial charge on any atom is -0.508 e. The van der Waals surface area contributed by atoms with Crippen molar-refractivity contribution < 1.29 is 107 Å². The molecule has 8 atom stereocenters. The van der Waals surface area contributed by atoms with Crippen LogP contribution in [0.25, 0.3) is 11.1 Å². The molecule has 0 fully saturated rings. The molecule has 9 aromatic carbocycles. The molecule has 7 aliphatic rings. The number of fused-ring (bicyclic) bond motifs is 15. The summed E-state index contributed by atoms with van der Waals surface area (Å²) in [5.74, 6) is -15.0. The van der Waals surface area contributed by atoms with Gasteiger partial charge in [-0.3, -0.25) is 43.3 Å². The van der Waals surface area contributed by atoms with Crippen LogP contribution in [-0.4, -0.2) is 127 Å². The van der Waals surface area contributed by atoms with E-state index in [-0.39, 0.29) is 133 Å². The van der Waals surface area contributed by atoms with Crippen LogP contribution in [0, 0.1) is 0 Å². The number of aliphatic hydroxyl groups is 1. The molecule has 9 aromatic rings. The molecular formula is C79H64Cl2N8O22. The van der Waals surface area contributed by atoms with Gasteiger partial charge in [-0.25, -0.2) is 9.59 Å². The summed E-state index contributed by atoms with van der Waals surface area (Å²) in [6.07, 6.45) is -3.42. The van der Waals surface area contributed by atoms with Gasteiger partial charge >= 0.3 is 12.1 Å². The van der Waals surface area contributed by atoms with Crippen molar-refractivity contribution in [1.29, 1.82) is 0 Å². The number of benzene rings is 9. The van der Waals surface area contributed by atoms with Gasteiger partial charge in [0.25, 0.3) is 11.8 Å². The molecule has 0 aromatic heterocycles. The van der Waals surface area contributed by atoms with E-state index in [4.69, 9.17) is 51.6 Å². The third-order valence-electron chi connectivity index (χ3n) is 18.9. The van der Waals surface area contributed by atoms with Crippen molar-refractivity contribution in [3.63, 3.8) is 0 Å². The number of rotatable bonds is 10. The SMILES string of the molecule is COC(=O)[C@H]1NC(=O)[C@H]2NC(=O)[C@H](NC(=O)[C@@H]3NC(=O)[C@H]4NC(=O)[C@@H](Cc5ccc(c(Cl)c5)Oc5cc3cc(c5OCCCCN3C(=O)c5ccccc5C3=O)Oc3ccc(cc3Cl)[C@H]2O)NC(=O)[C@@H](NC(=O)OCc2ccccc2)c2ccc(O)c(c2)Oc2cc(O)cc4c2)c2ccc(O)c(c2)-c2c(O)cc(O)cc21. The molecule has 17 bridgehead atoms. The van der Waals surface area contributed by atoms with Crippen molar-refractivity contribution in [2.75, 3.05) is 20.3 Å². The van der Waals surface area contributed by atoms with E-state index in [1.165, 1.54) is 66.7 Å². The lowest BCUT2D eigenvalue weighted by molar-refractivity contribution is -0.146. The molecule has 9 amide bonds. The smallest absolute Gasteiger partial charge is 0.408 e. The van der Waals surface area contributed by atoms with Gasteiger partial charge in [-0.05, 0) is 143 Å². The van der Waals surface area contributed by atoms with Gasteiger partial charge in [0.15, 0.2) is 29.0 Å². The molecule has 566 valence electrons. The number of hydrogen-bond acceptors (Lipinski definition) is 22. The number of carbonyl (C=O) groups is 10. The van der Waals surface area contributed by atoms with E-state index in [9.17, 15) is 49.8 Å². The first kappa shape index (κ1) is 74.3. The zero-order valence-electron chi connectivity index (χ0n) is 57.9. The highest BCUT2D eigenvalue weighted by molar-refractivity contribution is 6.32. The van der Waals surface area contributed by atoms with Crippen LogP contribution in [0.5, 0.6) is 69.0 Å². The number of aromatic hydroxyl groups is 5. The molecule has 0 unspecified atom stereocenters. The highest BCUT2D eigenvalue weighted by Gasteiger charge is 2.43. The van der Waals surface area contributed by atoms with Gasteiger partial charge in [-0.15, -0.1) is 0 Å². The van der Waals surface area contributed by atoms with E-state index in [1.807, 2.05) is 0 Å². The minimum absolute atomic E-state index is 0.0259. The molecule has 0 radical (unpaired) electrons. The lowest BCUT2D eigenvalue weighted by Crippen LogP contribution is -2.55. The first-order valence-corrected chi connectivity index (χ1v) is 35.1. The van der Waals surface area contributed by atoms with E-state index in [0.717, 1.165) is 60.5 Å². The maximum absolute atomic E-state index is 16.3. The normalized spacial score (nSPS) is 20.0. The summed E-state index contributed by atoms with van der Waals surface area (Å²) >= 11 is 14.3. The second kappa shape index (κ2) is 30.9. The third-order valence-corrected chi connectivity index (χ3v) is 19.5. The quantitative estimate of drug-likeness (QED) is 0.0345. The third kappa shape index (κ3) is 15.4. The maximum Gasteiger partial charge on any atom is 0.408 e. The number of carbonyl (C=O) groups excluding carboxylic acids is 10. The number of phenolic OH excluding ortho intramolecular Hbond substituents is 5. The molecule has 7 heterocycles. The van der Waals surface area contributed by atoms with Gasteiger partial charge in [-0.2, -0.15) is 0 Å². The molecule has 0 aliphatic carbocycles. The molecule has 0 saturated heterocycles. The second-order valence-corrected chi connectivity index (χ2v) is 27.1. The fraction of sp³-hybridized carbons (Fsp3) is 0.190. The van der Waals surface area contributed by atoms with Crippen LogP contribution in [0.4, 0.5) is 4.79 Å². The first-order chi connectivity index (χ1) is 53.3. The van der Waals surface area contributed by atoms with Gasteiger partial charge in [0, 0.05) is 41.8 Å². The fourth-order valence-corrected chi connectivity index (χ4v) is 13.9. The van der Waals surface area contributed by atoms with Crippen molar-refractivity contribution in [2.45, 2.75) is 74.3 Å². The molecule has 16 rings (SSSR count). The van der Waals surface area contributed by atoms with Crippen LogP contribution in [0.1, 0.15) is 114 Å². The van der Waals surface area contributed by atoms with E-state index in [0.29, 0.717) is 5.56 Å². The zero-order chi connectivity index (χ0) is 78.2. The number of hydrogen-bond donors (Lipinski definition) is 13. The van der Waals surface area contributed by atoms with Crippen LogP contribution < -0.4 is 56.2 Å². The number of esters is 1. The van der Waals surface area contributed by atoms with E-state index >= 15 is 28.8 Å². The van der Waals surface area contributed by atoms with Gasteiger partial charge in [0.2, 0.25) is 41.2 Å². The molecule has 13 N–H and O–H groups in total. The highest BCUT2D eigenvalue weighted by atomic mass is 35.5. The van der Waals surface area contributed by atoms with E-state index < -0.39 is 154 Å². The Morgan fingerprint density at radius 1 is 0.523 bits per heavy atom. The predicted octanol–water partition coefficient (Wildman–Crippen LogP) is 8.79. The van der Waals surface area contributed by atoms with Gasteiger partial charge < -0.3 is 96.3 Å². The summed E-state index contributed by atoms with van der Waals surface area (Å²) in [6, 6.07) is 23.1. The molecular weight excluding hydrogens is 1480 g/mol.